The minimum atomic E-state index is -0.971. The molecule has 20 heavy (non-hydrogen) atoms. The van der Waals surface area contributed by atoms with Crippen LogP contribution in [0.1, 0.15) is 25.0 Å². The monoisotopic (exact) mass is 307 g/mol. The summed E-state index contributed by atoms with van der Waals surface area (Å²) >= 11 is 2.88. The van der Waals surface area contributed by atoms with E-state index >= 15 is 0 Å². The number of aryl methyl sites for hydroxylation is 1. The summed E-state index contributed by atoms with van der Waals surface area (Å²) in [6, 6.07) is 5.63. The SMILES string of the molecule is Cc1ccsc1C(=O)NCc1ccc(C=CC(=O)O)s1. The average molecular weight is 307 g/mol. The predicted molar refractivity (Wildman–Crippen MR) is 81.2 cm³/mol. The second-order valence-corrected chi connectivity index (χ2v) is 6.21. The Hall–Kier alpha value is -1.92. The summed E-state index contributed by atoms with van der Waals surface area (Å²) in [5.74, 6) is -1.05. The summed E-state index contributed by atoms with van der Waals surface area (Å²) in [6.07, 6.45) is 2.64. The van der Waals surface area contributed by atoms with Crippen LogP contribution in [0, 0.1) is 6.92 Å². The zero-order chi connectivity index (χ0) is 14.5. The zero-order valence-corrected chi connectivity index (χ0v) is 12.4. The molecular formula is C14H13NO3S2. The molecule has 2 N–H and O–H groups in total. The Labute approximate surface area is 124 Å². The van der Waals surface area contributed by atoms with Gasteiger partial charge in [-0.05, 0) is 42.1 Å². The van der Waals surface area contributed by atoms with Gasteiger partial charge in [-0.15, -0.1) is 22.7 Å². The molecule has 0 fully saturated rings. The number of amides is 1. The first-order valence-electron chi connectivity index (χ1n) is 5.88. The van der Waals surface area contributed by atoms with Gasteiger partial charge in [0.25, 0.3) is 5.91 Å². The standard InChI is InChI=1S/C14H13NO3S2/c1-9-6-7-19-13(9)14(18)15-8-11-3-2-10(20-11)4-5-12(16)17/h2-7H,8H2,1H3,(H,15,18)(H,16,17). The van der Waals surface area contributed by atoms with Crippen LogP contribution in [-0.4, -0.2) is 17.0 Å². The van der Waals surface area contributed by atoms with Crippen molar-refractivity contribution in [2.45, 2.75) is 13.5 Å². The highest BCUT2D eigenvalue weighted by Crippen LogP contribution is 2.19. The Morgan fingerprint density at radius 3 is 2.80 bits per heavy atom. The normalized spacial score (nSPS) is 10.8. The van der Waals surface area contributed by atoms with Crippen molar-refractivity contribution in [1.29, 1.82) is 0 Å². The number of nitrogens with one attached hydrogen (secondary N) is 1. The highest BCUT2D eigenvalue weighted by molar-refractivity contribution is 7.13. The minimum Gasteiger partial charge on any atom is -0.478 e. The molecule has 1 amide bonds. The first kappa shape index (κ1) is 14.5. The molecule has 0 radical (unpaired) electrons. The lowest BCUT2D eigenvalue weighted by atomic mass is 10.3. The third-order valence-electron chi connectivity index (χ3n) is 2.56. The summed E-state index contributed by atoms with van der Waals surface area (Å²) in [4.78, 5) is 24.9. The third kappa shape index (κ3) is 3.79. The molecule has 2 aromatic heterocycles. The Kier molecular flexibility index (Phi) is 4.70. The second-order valence-electron chi connectivity index (χ2n) is 4.09. The van der Waals surface area contributed by atoms with E-state index in [1.165, 1.54) is 22.7 Å². The van der Waals surface area contributed by atoms with E-state index in [0.717, 1.165) is 26.3 Å². The maximum absolute atomic E-state index is 11.9. The summed E-state index contributed by atoms with van der Waals surface area (Å²) in [7, 11) is 0. The lowest BCUT2D eigenvalue weighted by Gasteiger charge is -2.02. The molecule has 0 saturated heterocycles. The van der Waals surface area contributed by atoms with Crippen LogP contribution in [0.15, 0.2) is 29.7 Å². The smallest absolute Gasteiger partial charge is 0.328 e. The fourth-order valence-corrected chi connectivity index (χ4v) is 3.28. The van der Waals surface area contributed by atoms with Crippen LogP contribution in [0.25, 0.3) is 6.08 Å². The van der Waals surface area contributed by atoms with Gasteiger partial charge in [-0.3, -0.25) is 4.79 Å². The Morgan fingerprint density at radius 1 is 1.35 bits per heavy atom. The van der Waals surface area contributed by atoms with E-state index in [1.807, 2.05) is 30.5 Å². The van der Waals surface area contributed by atoms with Gasteiger partial charge in [-0.25, -0.2) is 4.79 Å². The number of carboxylic acids is 1. The third-order valence-corrected chi connectivity index (χ3v) is 4.63. The summed E-state index contributed by atoms with van der Waals surface area (Å²) < 4.78 is 0. The van der Waals surface area contributed by atoms with Crippen molar-refractivity contribution in [3.05, 3.63) is 49.9 Å². The predicted octanol–water partition coefficient (Wildman–Crippen LogP) is 3.15. The number of hydrogen-bond donors (Lipinski definition) is 2. The first-order chi connectivity index (χ1) is 9.56. The van der Waals surface area contributed by atoms with E-state index in [0.29, 0.717) is 6.54 Å². The van der Waals surface area contributed by atoms with Crippen LogP contribution >= 0.6 is 22.7 Å². The number of carbonyl (C=O) groups is 2. The van der Waals surface area contributed by atoms with Crippen molar-refractivity contribution in [3.63, 3.8) is 0 Å². The maximum atomic E-state index is 11.9. The largest absolute Gasteiger partial charge is 0.478 e. The summed E-state index contributed by atoms with van der Waals surface area (Å²) in [5.41, 5.74) is 0.976. The molecule has 0 unspecified atom stereocenters. The highest BCUT2D eigenvalue weighted by Gasteiger charge is 2.10. The van der Waals surface area contributed by atoms with Crippen LogP contribution in [0.4, 0.5) is 0 Å². The van der Waals surface area contributed by atoms with E-state index < -0.39 is 5.97 Å². The number of hydrogen-bond acceptors (Lipinski definition) is 4. The average Bonchev–Trinajstić information content (AvgIpc) is 3.02. The molecule has 0 atom stereocenters. The van der Waals surface area contributed by atoms with Crippen LogP contribution in [0.5, 0.6) is 0 Å². The van der Waals surface area contributed by atoms with Gasteiger partial charge < -0.3 is 10.4 Å². The summed E-state index contributed by atoms with van der Waals surface area (Å²) in [5, 5.41) is 13.3. The van der Waals surface area contributed by atoms with Crippen LogP contribution in [0.2, 0.25) is 0 Å². The molecule has 0 aliphatic rings. The molecule has 0 bridgehead atoms. The van der Waals surface area contributed by atoms with Crippen molar-refractivity contribution in [3.8, 4) is 0 Å². The molecule has 2 heterocycles. The van der Waals surface area contributed by atoms with Crippen LogP contribution < -0.4 is 5.32 Å². The molecule has 2 rings (SSSR count). The van der Waals surface area contributed by atoms with Crippen molar-refractivity contribution >= 4 is 40.6 Å². The van der Waals surface area contributed by atoms with Crippen molar-refractivity contribution in [1.82, 2.24) is 5.32 Å². The maximum Gasteiger partial charge on any atom is 0.328 e. The van der Waals surface area contributed by atoms with Crippen molar-refractivity contribution in [2.24, 2.45) is 0 Å². The van der Waals surface area contributed by atoms with Gasteiger partial charge in [0.05, 0.1) is 11.4 Å². The van der Waals surface area contributed by atoms with Crippen molar-refractivity contribution < 1.29 is 14.7 Å². The fraction of sp³-hybridized carbons (Fsp3) is 0.143. The number of carbonyl (C=O) groups excluding carboxylic acids is 1. The van der Waals surface area contributed by atoms with Gasteiger partial charge in [0.15, 0.2) is 0 Å². The zero-order valence-electron chi connectivity index (χ0n) is 10.8. The quantitative estimate of drug-likeness (QED) is 0.834. The lowest BCUT2D eigenvalue weighted by Crippen LogP contribution is -2.21. The molecule has 0 aliphatic heterocycles. The molecule has 4 nitrogen and oxygen atoms in total. The summed E-state index contributed by atoms with van der Waals surface area (Å²) in [6.45, 7) is 2.35. The van der Waals surface area contributed by atoms with Gasteiger partial charge >= 0.3 is 5.97 Å². The molecule has 0 aromatic carbocycles. The lowest BCUT2D eigenvalue weighted by molar-refractivity contribution is -0.131. The van der Waals surface area contributed by atoms with E-state index in [2.05, 4.69) is 5.32 Å². The number of rotatable bonds is 5. The topological polar surface area (TPSA) is 66.4 Å². The number of aliphatic carboxylic acids is 1. The molecule has 104 valence electrons. The number of thiophene rings is 2. The second kappa shape index (κ2) is 6.49. The van der Waals surface area contributed by atoms with Gasteiger partial charge in [0, 0.05) is 15.8 Å². The Balaban J connectivity index is 1.93. The molecule has 0 aliphatic carbocycles. The van der Waals surface area contributed by atoms with E-state index in [9.17, 15) is 9.59 Å². The van der Waals surface area contributed by atoms with Gasteiger partial charge in [0.1, 0.15) is 0 Å². The molecule has 6 heteroatoms. The van der Waals surface area contributed by atoms with Gasteiger partial charge in [0.2, 0.25) is 0 Å². The van der Waals surface area contributed by atoms with E-state index in [-0.39, 0.29) is 5.91 Å². The van der Waals surface area contributed by atoms with Crippen LogP contribution in [-0.2, 0) is 11.3 Å². The fourth-order valence-electron chi connectivity index (χ4n) is 1.59. The van der Waals surface area contributed by atoms with Crippen molar-refractivity contribution in [2.75, 3.05) is 0 Å². The Bertz CT molecular complexity index is 655. The molecule has 0 spiro atoms. The van der Waals surface area contributed by atoms with E-state index in [1.54, 1.807) is 6.08 Å². The minimum absolute atomic E-state index is 0.0754. The Morgan fingerprint density at radius 2 is 2.15 bits per heavy atom. The molecular weight excluding hydrogens is 294 g/mol. The molecule has 2 aromatic rings. The van der Waals surface area contributed by atoms with Gasteiger partial charge in [-0.1, -0.05) is 0 Å². The van der Waals surface area contributed by atoms with Gasteiger partial charge in [-0.2, -0.15) is 0 Å². The van der Waals surface area contributed by atoms with Crippen LogP contribution in [0.3, 0.4) is 0 Å². The number of carboxylic acid groups (broad SMARTS) is 1. The first-order valence-corrected chi connectivity index (χ1v) is 7.58. The van der Waals surface area contributed by atoms with E-state index in [4.69, 9.17) is 5.11 Å². The molecule has 0 saturated carbocycles. The highest BCUT2D eigenvalue weighted by atomic mass is 32.1.